The van der Waals surface area contributed by atoms with Crippen molar-refractivity contribution in [2.75, 3.05) is 6.61 Å². The van der Waals surface area contributed by atoms with Gasteiger partial charge in [0.15, 0.2) is 0 Å². The van der Waals surface area contributed by atoms with Crippen LogP contribution in [0.5, 0.6) is 0 Å². The smallest absolute Gasteiger partial charge is 0.308 e. The van der Waals surface area contributed by atoms with Crippen LogP contribution in [0.1, 0.15) is 59.3 Å². The number of carbonyl (C=O) groups is 1. The van der Waals surface area contributed by atoms with Gasteiger partial charge in [-0.15, -0.1) is 0 Å². The predicted molar refractivity (Wildman–Crippen MR) is 61.6 cm³/mol. The maximum atomic E-state index is 11.3. The van der Waals surface area contributed by atoms with Gasteiger partial charge in [0.25, 0.3) is 0 Å². The van der Waals surface area contributed by atoms with E-state index in [4.69, 9.17) is 14.5 Å². The summed E-state index contributed by atoms with van der Waals surface area (Å²) in [4.78, 5) is 21.0. The molecule has 0 saturated carbocycles. The molecule has 0 amide bonds. The summed E-state index contributed by atoms with van der Waals surface area (Å²) < 4.78 is 4.99. The van der Waals surface area contributed by atoms with Crippen molar-refractivity contribution in [2.45, 2.75) is 65.6 Å². The van der Waals surface area contributed by atoms with Gasteiger partial charge in [-0.25, -0.2) is 4.89 Å². The van der Waals surface area contributed by atoms with Crippen LogP contribution in [0.25, 0.3) is 0 Å². The third-order valence-corrected chi connectivity index (χ3v) is 2.07. The molecule has 0 radical (unpaired) electrons. The first-order valence-electron chi connectivity index (χ1n) is 6.18. The van der Waals surface area contributed by atoms with Gasteiger partial charge in [0, 0.05) is 13.3 Å². The summed E-state index contributed by atoms with van der Waals surface area (Å²) in [5, 5.41) is 0. The van der Waals surface area contributed by atoms with E-state index in [9.17, 15) is 4.79 Å². The van der Waals surface area contributed by atoms with Gasteiger partial charge in [0.1, 0.15) is 0 Å². The number of hydrogen-bond acceptors (Lipinski definition) is 4. The number of unbranched alkanes of at least 4 members (excludes halogenated alkanes) is 3. The largest absolute Gasteiger partial charge is 0.433 e. The Hall–Kier alpha value is -0.610. The maximum Gasteiger partial charge on any atom is 0.308 e. The van der Waals surface area contributed by atoms with Crippen molar-refractivity contribution in [1.82, 2.24) is 0 Å². The van der Waals surface area contributed by atoms with Crippen LogP contribution >= 0.6 is 0 Å². The Kier molecular flexibility index (Phi) is 10.5. The van der Waals surface area contributed by atoms with Crippen LogP contribution in [0.3, 0.4) is 0 Å². The van der Waals surface area contributed by atoms with Crippen molar-refractivity contribution in [3.63, 3.8) is 0 Å². The molecule has 0 heterocycles. The number of carbonyl (C=O) groups excluding carboxylic acids is 1. The molecule has 0 rings (SSSR count). The van der Waals surface area contributed by atoms with Gasteiger partial charge in [-0.2, -0.15) is 4.89 Å². The van der Waals surface area contributed by atoms with Crippen LogP contribution in [0.15, 0.2) is 0 Å². The summed E-state index contributed by atoms with van der Waals surface area (Å²) in [6.07, 6.45) is 4.85. The molecule has 4 nitrogen and oxygen atoms in total. The molecule has 0 saturated heterocycles. The van der Waals surface area contributed by atoms with Crippen molar-refractivity contribution in [2.24, 2.45) is 0 Å². The predicted octanol–water partition coefficient (Wildman–Crippen LogP) is 3.20. The Bertz CT molecular complexity index is 170. The number of ether oxygens (including phenoxy) is 1. The molecule has 1 unspecified atom stereocenters. The second-order valence-corrected chi connectivity index (χ2v) is 3.79. The molecule has 0 aliphatic carbocycles. The fourth-order valence-corrected chi connectivity index (χ4v) is 1.13. The van der Waals surface area contributed by atoms with E-state index in [1.807, 2.05) is 0 Å². The zero-order chi connectivity index (χ0) is 12.2. The minimum atomic E-state index is -0.619. The molecule has 96 valence electrons. The van der Waals surface area contributed by atoms with E-state index >= 15 is 0 Å². The van der Waals surface area contributed by atoms with E-state index in [1.54, 1.807) is 6.92 Å². The van der Waals surface area contributed by atoms with Crippen molar-refractivity contribution < 1.29 is 19.3 Å². The van der Waals surface area contributed by atoms with Crippen molar-refractivity contribution >= 4 is 5.97 Å². The fraction of sp³-hybridized carbons (Fsp3) is 0.917. The van der Waals surface area contributed by atoms with Gasteiger partial charge >= 0.3 is 5.97 Å². The summed E-state index contributed by atoms with van der Waals surface area (Å²) in [5.41, 5.74) is 0. The molecule has 0 aromatic carbocycles. The SMILES string of the molecule is CCCCCC(=O)OC(C)OOCCCC. The molecule has 0 aromatic rings. The Morgan fingerprint density at radius 1 is 1.12 bits per heavy atom. The van der Waals surface area contributed by atoms with Crippen LogP contribution < -0.4 is 0 Å². The monoisotopic (exact) mass is 232 g/mol. The van der Waals surface area contributed by atoms with E-state index in [0.29, 0.717) is 13.0 Å². The second kappa shape index (κ2) is 10.9. The second-order valence-electron chi connectivity index (χ2n) is 3.79. The van der Waals surface area contributed by atoms with Gasteiger partial charge in [-0.1, -0.05) is 33.1 Å². The van der Waals surface area contributed by atoms with E-state index in [1.165, 1.54) is 0 Å². The fourth-order valence-electron chi connectivity index (χ4n) is 1.13. The van der Waals surface area contributed by atoms with E-state index in [0.717, 1.165) is 32.1 Å². The third-order valence-electron chi connectivity index (χ3n) is 2.07. The van der Waals surface area contributed by atoms with E-state index in [-0.39, 0.29) is 5.97 Å². The molecule has 16 heavy (non-hydrogen) atoms. The van der Waals surface area contributed by atoms with Crippen molar-refractivity contribution in [3.8, 4) is 0 Å². The maximum absolute atomic E-state index is 11.3. The molecule has 0 aliphatic rings. The molecule has 0 N–H and O–H groups in total. The van der Waals surface area contributed by atoms with Gasteiger partial charge < -0.3 is 4.74 Å². The van der Waals surface area contributed by atoms with Gasteiger partial charge in [0.05, 0.1) is 6.61 Å². The highest BCUT2D eigenvalue weighted by Gasteiger charge is 2.09. The standard InChI is InChI=1S/C12H24O4/c1-4-6-8-9-12(13)15-11(3)16-14-10-7-5-2/h11H,4-10H2,1-3H3. The Morgan fingerprint density at radius 2 is 1.81 bits per heavy atom. The quantitative estimate of drug-likeness (QED) is 0.191. The molecule has 4 heteroatoms. The van der Waals surface area contributed by atoms with Crippen LogP contribution in [0, 0.1) is 0 Å². The normalized spacial score (nSPS) is 12.4. The van der Waals surface area contributed by atoms with Gasteiger partial charge in [-0.3, -0.25) is 4.79 Å². The van der Waals surface area contributed by atoms with E-state index < -0.39 is 6.29 Å². The van der Waals surface area contributed by atoms with Crippen LogP contribution in [0.4, 0.5) is 0 Å². The van der Waals surface area contributed by atoms with Crippen LogP contribution in [0.2, 0.25) is 0 Å². The molecule has 0 aliphatic heterocycles. The summed E-state index contributed by atoms with van der Waals surface area (Å²) in [6.45, 7) is 6.36. The summed E-state index contributed by atoms with van der Waals surface area (Å²) in [5.74, 6) is -0.222. The highest BCUT2D eigenvalue weighted by atomic mass is 17.2. The van der Waals surface area contributed by atoms with E-state index in [2.05, 4.69) is 13.8 Å². The molecule has 0 aromatic heterocycles. The molecule has 0 fully saturated rings. The lowest BCUT2D eigenvalue weighted by Gasteiger charge is -2.12. The molecule has 0 bridgehead atoms. The Labute approximate surface area is 98.2 Å². The van der Waals surface area contributed by atoms with Crippen molar-refractivity contribution in [3.05, 3.63) is 0 Å². The molecule has 1 atom stereocenters. The first-order chi connectivity index (χ1) is 7.70. The first kappa shape index (κ1) is 15.4. The van der Waals surface area contributed by atoms with Crippen LogP contribution in [-0.2, 0) is 19.3 Å². The lowest BCUT2D eigenvalue weighted by Crippen LogP contribution is -2.18. The Balaban J connectivity index is 3.39. The zero-order valence-electron chi connectivity index (χ0n) is 10.7. The van der Waals surface area contributed by atoms with Crippen molar-refractivity contribution in [1.29, 1.82) is 0 Å². The summed E-state index contributed by atoms with van der Waals surface area (Å²) in [7, 11) is 0. The first-order valence-corrected chi connectivity index (χ1v) is 6.18. The average Bonchev–Trinajstić information content (AvgIpc) is 2.25. The number of hydrogen-bond donors (Lipinski definition) is 0. The summed E-state index contributed by atoms with van der Waals surface area (Å²) in [6, 6.07) is 0. The third kappa shape index (κ3) is 9.93. The highest BCUT2D eigenvalue weighted by molar-refractivity contribution is 5.69. The number of esters is 1. The molecular formula is C12H24O4. The minimum Gasteiger partial charge on any atom is -0.433 e. The lowest BCUT2D eigenvalue weighted by atomic mass is 10.2. The lowest BCUT2D eigenvalue weighted by molar-refractivity contribution is -0.365. The highest BCUT2D eigenvalue weighted by Crippen LogP contribution is 2.04. The molecule has 0 spiro atoms. The summed E-state index contributed by atoms with van der Waals surface area (Å²) >= 11 is 0. The Morgan fingerprint density at radius 3 is 2.44 bits per heavy atom. The minimum absolute atomic E-state index is 0.222. The van der Waals surface area contributed by atoms with Crippen LogP contribution in [-0.4, -0.2) is 18.9 Å². The zero-order valence-corrected chi connectivity index (χ0v) is 10.7. The molecular weight excluding hydrogens is 208 g/mol. The van der Waals surface area contributed by atoms with Gasteiger partial charge in [-0.05, 0) is 12.8 Å². The topological polar surface area (TPSA) is 44.8 Å². The number of rotatable bonds is 10. The average molecular weight is 232 g/mol. The van der Waals surface area contributed by atoms with Gasteiger partial charge in [0.2, 0.25) is 6.29 Å².